The van der Waals surface area contributed by atoms with Crippen LogP contribution in [0.15, 0.2) is 48.5 Å². The topological polar surface area (TPSA) is 50.8 Å². The minimum Gasteiger partial charge on any atom is -0.493 e. The molecule has 1 aliphatic heterocycles. The lowest BCUT2D eigenvalue weighted by Gasteiger charge is -2.14. The molecule has 5 heteroatoms. The zero-order valence-corrected chi connectivity index (χ0v) is 15.2. The van der Waals surface area contributed by atoms with Gasteiger partial charge in [0.1, 0.15) is 6.61 Å². The van der Waals surface area contributed by atoms with Gasteiger partial charge in [0.2, 0.25) is 0 Å². The van der Waals surface area contributed by atoms with E-state index in [1.165, 1.54) is 31.5 Å². The van der Waals surface area contributed by atoms with Crippen LogP contribution in [0.2, 0.25) is 0 Å². The predicted molar refractivity (Wildman–Crippen MR) is 102 cm³/mol. The highest BCUT2D eigenvalue weighted by Gasteiger charge is 2.12. The van der Waals surface area contributed by atoms with E-state index in [2.05, 4.69) is 10.2 Å². The van der Waals surface area contributed by atoms with Crippen molar-refractivity contribution in [3.05, 3.63) is 59.7 Å². The van der Waals surface area contributed by atoms with Crippen molar-refractivity contribution in [1.29, 1.82) is 0 Å². The summed E-state index contributed by atoms with van der Waals surface area (Å²) in [6, 6.07) is 15.3. The minimum absolute atomic E-state index is 0.0821. The summed E-state index contributed by atoms with van der Waals surface area (Å²) in [5, 5.41) is 2.88. The third-order valence-electron chi connectivity index (χ3n) is 4.54. The van der Waals surface area contributed by atoms with Crippen LogP contribution in [0.25, 0.3) is 0 Å². The van der Waals surface area contributed by atoms with Crippen molar-refractivity contribution in [2.75, 3.05) is 33.4 Å². The van der Waals surface area contributed by atoms with E-state index in [9.17, 15) is 4.79 Å². The van der Waals surface area contributed by atoms with Crippen molar-refractivity contribution in [1.82, 2.24) is 10.2 Å². The Hall–Kier alpha value is -2.53. The quantitative estimate of drug-likeness (QED) is 0.740. The second kappa shape index (κ2) is 9.25. The maximum Gasteiger partial charge on any atom is 0.251 e. The van der Waals surface area contributed by atoms with E-state index in [0.29, 0.717) is 30.2 Å². The van der Waals surface area contributed by atoms with E-state index in [-0.39, 0.29) is 5.91 Å². The zero-order chi connectivity index (χ0) is 18.2. The van der Waals surface area contributed by atoms with E-state index < -0.39 is 0 Å². The van der Waals surface area contributed by atoms with Crippen LogP contribution in [0, 0.1) is 0 Å². The number of likely N-dealkylation sites (tertiary alicyclic amines) is 1. The average Bonchev–Trinajstić information content (AvgIpc) is 3.19. The maximum absolute atomic E-state index is 12.2. The van der Waals surface area contributed by atoms with Crippen LogP contribution in [0.5, 0.6) is 11.5 Å². The molecule has 0 aliphatic carbocycles. The lowest BCUT2D eigenvalue weighted by Crippen LogP contribution is -2.28. The highest BCUT2D eigenvalue weighted by molar-refractivity contribution is 5.94. The lowest BCUT2D eigenvalue weighted by atomic mass is 10.1. The molecule has 1 fully saturated rings. The summed E-state index contributed by atoms with van der Waals surface area (Å²) in [4.78, 5) is 14.7. The van der Waals surface area contributed by atoms with Crippen LogP contribution in [-0.2, 0) is 6.54 Å². The molecule has 1 amide bonds. The first kappa shape index (κ1) is 18.3. The van der Waals surface area contributed by atoms with Gasteiger partial charge in [-0.15, -0.1) is 0 Å². The third kappa shape index (κ3) is 4.99. The number of rotatable bonds is 8. The van der Waals surface area contributed by atoms with Gasteiger partial charge in [0.15, 0.2) is 11.5 Å². The van der Waals surface area contributed by atoms with Gasteiger partial charge in [-0.2, -0.15) is 0 Å². The van der Waals surface area contributed by atoms with Crippen LogP contribution >= 0.6 is 0 Å². The number of hydrogen-bond acceptors (Lipinski definition) is 4. The molecule has 2 aromatic rings. The van der Waals surface area contributed by atoms with Gasteiger partial charge in [0, 0.05) is 12.1 Å². The summed E-state index contributed by atoms with van der Waals surface area (Å²) < 4.78 is 10.9. The molecule has 0 spiro atoms. The number of hydrogen-bond donors (Lipinski definition) is 1. The summed E-state index contributed by atoms with van der Waals surface area (Å²) in [5.74, 6) is 1.28. The molecule has 1 heterocycles. The summed E-state index contributed by atoms with van der Waals surface area (Å²) >= 11 is 0. The smallest absolute Gasteiger partial charge is 0.251 e. The maximum atomic E-state index is 12.2. The Kier molecular flexibility index (Phi) is 6.50. The molecule has 26 heavy (non-hydrogen) atoms. The summed E-state index contributed by atoms with van der Waals surface area (Å²) in [6.45, 7) is 4.14. The van der Waals surface area contributed by atoms with Crippen molar-refractivity contribution in [3.63, 3.8) is 0 Å². The SMILES string of the molecule is COc1ccccc1OCCNC(=O)c1ccc(CN2CCCC2)cc1. The van der Waals surface area contributed by atoms with E-state index >= 15 is 0 Å². The van der Waals surface area contributed by atoms with Gasteiger partial charge in [0.05, 0.1) is 13.7 Å². The normalized spacial score (nSPS) is 14.2. The Balaban J connectivity index is 1.43. The molecule has 1 N–H and O–H groups in total. The standard InChI is InChI=1S/C21H26N2O3/c1-25-19-6-2-3-7-20(19)26-15-12-22-21(24)18-10-8-17(9-11-18)16-23-13-4-5-14-23/h2-3,6-11H,4-5,12-16H2,1H3,(H,22,24). The predicted octanol–water partition coefficient (Wildman–Crippen LogP) is 3.10. The number of methoxy groups -OCH3 is 1. The fourth-order valence-electron chi connectivity index (χ4n) is 3.13. The average molecular weight is 354 g/mol. The number of carbonyl (C=O) groups excluding carboxylic acids is 1. The molecule has 1 saturated heterocycles. The van der Waals surface area contributed by atoms with Crippen LogP contribution in [0.4, 0.5) is 0 Å². The summed E-state index contributed by atoms with van der Waals surface area (Å²) in [6.07, 6.45) is 2.58. The van der Waals surface area contributed by atoms with Crippen molar-refractivity contribution in [2.45, 2.75) is 19.4 Å². The third-order valence-corrected chi connectivity index (χ3v) is 4.54. The minimum atomic E-state index is -0.0821. The second-order valence-electron chi connectivity index (χ2n) is 6.44. The number of nitrogens with one attached hydrogen (secondary N) is 1. The van der Waals surface area contributed by atoms with Crippen LogP contribution in [-0.4, -0.2) is 44.2 Å². The van der Waals surface area contributed by atoms with E-state index in [1.807, 2.05) is 48.5 Å². The molecule has 1 aliphatic rings. The molecule has 0 atom stereocenters. The largest absolute Gasteiger partial charge is 0.493 e. The first-order chi connectivity index (χ1) is 12.8. The summed E-state index contributed by atoms with van der Waals surface area (Å²) in [7, 11) is 1.61. The molecule has 138 valence electrons. The fourth-order valence-corrected chi connectivity index (χ4v) is 3.13. The first-order valence-electron chi connectivity index (χ1n) is 9.11. The zero-order valence-electron chi connectivity index (χ0n) is 15.2. The van der Waals surface area contributed by atoms with Crippen molar-refractivity contribution >= 4 is 5.91 Å². The molecular formula is C21H26N2O3. The molecular weight excluding hydrogens is 328 g/mol. The van der Waals surface area contributed by atoms with Crippen molar-refractivity contribution in [2.24, 2.45) is 0 Å². The molecule has 0 bridgehead atoms. The van der Waals surface area contributed by atoms with Crippen LogP contribution < -0.4 is 14.8 Å². The Morgan fingerprint density at radius 1 is 1.04 bits per heavy atom. The van der Waals surface area contributed by atoms with Gasteiger partial charge in [-0.1, -0.05) is 24.3 Å². The first-order valence-corrected chi connectivity index (χ1v) is 9.11. The van der Waals surface area contributed by atoms with Gasteiger partial charge < -0.3 is 14.8 Å². The Morgan fingerprint density at radius 3 is 2.42 bits per heavy atom. The molecule has 2 aromatic carbocycles. The molecule has 0 radical (unpaired) electrons. The van der Waals surface area contributed by atoms with E-state index in [0.717, 1.165) is 6.54 Å². The van der Waals surface area contributed by atoms with Gasteiger partial charge in [-0.05, 0) is 55.8 Å². The molecule has 5 nitrogen and oxygen atoms in total. The molecule has 3 rings (SSSR count). The van der Waals surface area contributed by atoms with Gasteiger partial charge >= 0.3 is 0 Å². The number of carbonyl (C=O) groups is 1. The fraction of sp³-hybridized carbons (Fsp3) is 0.381. The number of benzene rings is 2. The van der Waals surface area contributed by atoms with E-state index in [4.69, 9.17) is 9.47 Å². The molecule has 0 unspecified atom stereocenters. The van der Waals surface area contributed by atoms with Gasteiger partial charge in [-0.3, -0.25) is 9.69 Å². The number of amides is 1. The van der Waals surface area contributed by atoms with Crippen LogP contribution in [0.1, 0.15) is 28.8 Å². The van der Waals surface area contributed by atoms with Crippen molar-refractivity contribution < 1.29 is 14.3 Å². The number of nitrogens with zero attached hydrogens (tertiary/aromatic N) is 1. The molecule has 0 aromatic heterocycles. The Bertz CT molecular complexity index is 709. The van der Waals surface area contributed by atoms with Crippen LogP contribution in [0.3, 0.4) is 0 Å². The second-order valence-corrected chi connectivity index (χ2v) is 6.44. The van der Waals surface area contributed by atoms with Crippen molar-refractivity contribution in [3.8, 4) is 11.5 Å². The number of ether oxygens (including phenoxy) is 2. The Labute approximate surface area is 154 Å². The summed E-state index contributed by atoms with van der Waals surface area (Å²) in [5.41, 5.74) is 1.93. The van der Waals surface area contributed by atoms with E-state index in [1.54, 1.807) is 7.11 Å². The Morgan fingerprint density at radius 2 is 1.73 bits per heavy atom. The monoisotopic (exact) mass is 354 g/mol. The highest BCUT2D eigenvalue weighted by Crippen LogP contribution is 2.25. The molecule has 0 saturated carbocycles. The van der Waals surface area contributed by atoms with Gasteiger partial charge in [-0.25, -0.2) is 0 Å². The lowest BCUT2D eigenvalue weighted by molar-refractivity contribution is 0.0947. The number of para-hydroxylation sites is 2. The highest BCUT2D eigenvalue weighted by atomic mass is 16.5. The van der Waals surface area contributed by atoms with Gasteiger partial charge in [0.25, 0.3) is 5.91 Å².